The van der Waals surface area contributed by atoms with Crippen LogP contribution < -0.4 is 5.32 Å². The molecule has 6 heteroatoms. The summed E-state index contributed by atoms with van der Waals surface area (Å²) in [4.78, 5) is 22.1. The van der Waals surface area contributed by atoms with Crippen LogP contribution >= 0.6 is 0 Å². The summed E-state index contributed by atoms with van der Waals surface area (Å²) in [6.45, 7) is 2.85. The first-order valence-electron chi connectivity index (χ1n) is 6.17. The van der Waals surface area contributed by atoms with Crippen LogP contribution in [0.1, 0.15) is 43.1 Å². The number of rotatable bonds is 8. The van der Waals surface area contributed by atoms with E-state index in [9.17, 15) is 9.59 Å². The highest BCUT2D eigenvalue weighted by Gasteiger charge is 2.08. The minimum atomic E-state index is -1.09. The maximum absolute atomic E-state index is 11.5. The number of carbonyl (C=O) groups excluding carboxylic acids is 1. The second-order valence-corrected chi connectivity index (χ2v) is 4.11. The summed E-state index contributed by atoms with van der Waals surface area (Å²) >= 11 is 0. The molecule has 0 aliphatic heterocycles. The Kier molecular flexibility index (Phi) is 5.90. The topological polar surface area (TPSA) is 84.2 Å². The standard InChI is InChI=1S/C12H19N3O3/c1-2-3-4-5-7-13-11(16)9-15-8-6-10(14-15)12(17)18/h6,8H,2-5,7,9H2,1H3,(H,13,16)(H,17,18). The van der Waals surface area contributed by atoms with Crippen LogP contribution in [0, 0.1) is 0 Å². The Labute approximate surface area is 106 Å². The molecule has 2 N–H and O–H groups in total. The third-order valence-corrected chi connectivity index (χ3v) is 2.52. The fourth-order valence-electron chi connectivity index (χ4n) is 1.55. The van der Waals surface area contributed by atoms with Crippen LogP contribution in [0.2, 0.25) is 0 Å². The van der Waals surface area contributed by atoms with Crippen molar-refractivity contribution in [3.05, 3.63) is 18.0 Å². The van der Waals surface area contributed by atoms with Gasteiger partial charge in [-0.1, -0.05) is 26.2 Å². The van der Waals surface area contributed by atoms with Crippen LogP contribution in [0.25, 0.3) is 0 Å². The smallest absolute Gasteiger partial charge is 0.356 e. The van der Waals surface area contributed by atoms with E-state index in [1.807, 2.05) is 0 Å². The average molecular weight is 253 g/mol. The fourth-order valence-corrected chi connectivity index (χ4v) is 1.55. The van der Waals surface area contributed by atoms with Crippen LogP contribution in [0.5, 0.6) is 0 Å². The molecule has 6 nitrogen and oxygen atoms in total. The summed E-state index contributed by atoms with van der Waals surface area (Å²) in [6.07, 6.45) is 5.91. The maximum Gasteiger partial charge on any atom is 0.356 e. The van der Waals surface area contributed by atoms with Gasteiger partial charge in [-0.15, -0.1) is 0 Å². The highest BCUT2D eigenvalue weighted by Crippen LogP contribution is 1.98. The van der Waals surface area contributed by atoms with Crippen molar-refractivity contribution < 1.29 is 14.7 Å². The van der Waals surface area contributed by atoms with Crippen LogP contribution in [0.15, 0.2) is 12.3 Å². The van der Waals surface area contributed by atoms with Gasteiger partial charge in [0, 0.05) is 12.7 Å². The average Bonchev–Trinajstić information content (AvgIpc) is 2.77. The third kappa shape index (κ3) is 4.99. The lowest BCUT2D eigenvalue weighted by Gasteiger charge is -2.04. The first-order valence-corrected chi connectivity index (χ1v) is 6.17. The molecule has 0 radical (unpaired) electrons. The number of amides is 1. The Hall–Kier alpha value is -1.85. The zero-order valence-corrected chi connectivity index (χ0v) is 10.6. The molecule has 100 valence electrons. The van der Waals surface area contributed by atoms with Crippen LogP contribution in [-0.2, 0) is 11.3 Å². The van der Waals surface area contributed by atoms with Crippen molar-refractivity contribution in [2.45, 2.75) is 39.2 Å². The minimum Gasteiger partial charge on any atom is -0.476 e. The molecule has 1 aromatic heterocycles. The lowest BCUT2D eigenvalue weighted by Crippen LogP contribution is -2.28. The van der Waals surface area contributed by atoms with Gasteiger partial charge >= 0.3 is 5.97 Å². The van der Waals surface area contributed by atoms with Gasteiger partial charge in [0.05, 0.1) is 0 Å². The molecule has 0 aliphatic rings. The van der Waals surface area contributed by atoms with Crippen molar-refractivity contribution in [3.8, 4) is 0 Å². The number of aromatic nitrogens is 2. The number of carboxylic acids is 1. The second-order valence-electron chi connectivity index (χ2n) is 4.11. The summed E-state index contributed by atoms with van der Waals surface area (Å²) in [5.74, 6) is -1.24. The number of nitrogens with zero attached hydrogens (tertiary/aromatic N) is 2. The zero-order valence-electron chi connectivity index (χ0n) is 10.6. The molecule has 1 amide bonds. The van der Waals surface area contributed by atoms with E-state index in [0.717, 1.165) is 12.8 Å². The van der Waals surface area contributed by atoms with Crippen LogP contribution in [0.4, 0.5) is 0 Å². The molecular weight excluding hydrogens is 234 g/mol. The summed E-state index contributed by atoms with van der Waals surface area (Å²) in [5.41, 5.74) is -0.0502. The van der Waals surface area contributed by atoms with Crippen molar-refractivity contribution in [2.24, 2.45) is 0 Å². The molecule has 18 heavy (non-hydrogen) atoms. The number of unbranched alkanes of at least 4 members (excludes halogenated alkanes) is 3. The SMILES string of the molecule is CCCCCCNC(=O)Cn1ccc(C(=O)O)n1. The van der Waals surface area contributed by atoms with Gasteiger partial charge in [-0.25, -0.2) is 4.79 Å². The van der Waals surface area contributed by atoms with Gasteiger partial charge in [0.2, 0.25) is 5.91 Å². The second kappa shape index (κ2) is 7.47. The number of aromatic carboxylic acids is 1. The molecule has 0 fully saturated rings. The number of carboxylic acid groups (broad SMARTS) is 1. The molecule has 1 aromatic rings. The highest BCUT2D eigenvalue weighted by molar-refractivity contribution is 5.85. The van der Waals surface area contributed by atoms with Gasteiger partial charge in [-0.05, 0) is 12.5 Å². The molecule has 0 aromatic carbocycles. The Bertz CT molecular complexity index is 401. The molecule has 0 saturated carbocycles. The lowest BCUT2D eigenvalue weighted by molar-refractivity contribution is -0.121. The van der Waals surface area contributed by atoms with Gasteiger partial charge in [0.1, 0.15) is 6.54 Å². The molecule has 0 bridgehead atoms. The predicted octanol–water partition coefficient (Wildman–Crippen LogP) is 1.28. The van der Waals surface area contributed by atoms with Gasteiger partial charge in [-0.3, -0.25) is 9.48 Å². The quantitative estimate of drug-likeness (QED) is 0.683. The van der Waals surface area contributed by atoms with E-state index in [4.69, 9.17) is 5.11 Å². The van der Waals surface area contributed by atoms with Crippen LogP contribution in [0.3, 0.4) is 0 Å². The predicted molar refractivity (Wildman–Crippen MR) is 66.3 cm³/mol. The Morgan fingerprint density at radius 2 is 2.17 bits per heavy atom. The number of carbonyl (C=O) groups is 2. The normalized spacial score (nSPS) is 10.3. The molecule has 0 atom stereocenters. The summed E-state index contributed by atoms with van der Waals surface area (Å²) in [7, 11) is 0. The molecule has 1 rings (SSSR count). The van der Waals surface area contributed by atoms with Crippen molar-refractivity contribution in [1.29, 1.82) is 0 Å². The van der Waals surface area contributed by atoms with Gasteiger partial charge in [0.15, 0.2) is 5.69 Å². The lowest BCUT2D eigenvalue weighted by atomic mass is 10.2. The largest absolute Gasteiger partial charge is 0.476 e. The summed E-state index contributed by atoms with van der Waals surface area (Å²) in [5, 5.41) is 15.2. The van der Waals surface area contributed by atoms with Gasteiger partial charge < -0.3 is 10.4 Å². The van der Waals surface area contributed by atoms with E-state index in [1.165, 1.54) is 29.8 Å². The molecular formula is C12H19N3O3. The van der Waals surface area contributed by atoms with Crippen molar-refractivity contribution >= 4 is 11.9 Å². The molecule has 0 saturated heterocycles. The van der Waals surface area contributed by atoms with Crippen molar-refractivity contribution in [1.82, 2.24) is 15.1 Å². The van der Waals surface area contributed by atoms with E-state index in [-0.39, 0.29) is 18.1 Å². The van der Waals surface area contributed by atoms with E-state index >= 15 is 0 Å². The van der Waals surface area contributed by atoms with Crippen LogP contribution in [-0.4, -0.2) is 33.3 Å². The number of nitrogens with one attached hydrogen (secondary N) is 1. The van der Waals surface area contributed by atoms with E-state index in [2.05, 4.69) is 17.3 Å². The molecule has 1 heterocycles. The number of hydrogen-bond donors (Lipinski definition) is 2. The fraction of sp³-hybridized carbons (Fsp3) is 0.583. The van der Waals surface area contributed by atoms with Crippen molar-refractivity contribution in [3.63, 3.8) is 0 Å². The molecule has 0 spiro atoms. The maximum atomic E-state index is 11.5. The summed E-state index contributed by atoms with van der Waals surface area (Å²) < 4.78 is 1.32. The Balaban J connectivity index is 2.24. The minimum absolute atomic E-state index is 0.0502. The van der Waals surface area contributed by atoms with Gasteiger partial charge in [-0.2, -0.15) is 5.10 Å². The van der Waals surface area contributed by atoms with E-state index < -0.39 is 5.97 Å². The van der Waals surface area contributed by atoms with Gasteiger partial charge in [0.25, 0.3) is 0 Å². The first kappa shape index (κ1) is 14.2. The Morgan fingerprint density at radius 1 is 1.39 bits per heavy atom. The van der Waals surface area contributed by atoms with Crippen molar-refractivity contribution in [2.75, 3.05) is 6.54 Å². The summed E-state index contributed by atoms with van der Waals surface area (Å²) in [6, 6.07) is 1.37. The first-order chi connectivity index (χ1) is 8.63. The molecule has 0 aliphatic carbocycles. The van der Waals surface area contributed by atoms with E-state index in [1.54, 1.807) is 0 Å². The zero-order chi connectivity index (χ0) is 13.4. The number of hydrogen-bond acceptors (Lipinski definition) is 3. The highest BCUT2D eigenvalue weighted by atomic mass is 16.4. The Morgan fingerprint density at radius 3 is 2.78 bits per heavy atom. The molecule has 0 unspecified atom stereocenters. The van der Waals surface area contributed by atoms with E-state index in [0.29, 0.717) is 6.54 Å². The monoisotopic (exact) mass is 253 g/mol. The third-order valence-electron chi connectivity index (χ3n) is 2.52.